The van der Waals surface area contributed by atoms with Crippen molar-refractivity contribution in [3.63, 3.8) is 0 Å². The van der Waals surface area contributed by atoms with E-state index < -0.39 is 64.6 Å². The van der Waals surface area contributed by atoms with Gasteiger partial charge in [-0.15, -0.1) is 40.4 Å². The van der Waals surface area contributed by atoms with Gasteiger partial charge in [0.1, 0.15) is 22.8 Å². The van der Waals surface area contributed by atoms with Crippen molar-refractivity contribution < 1.29 is 54.3 Å². The molecule has 4 aliphatic rings. The highest BCUT2D eigenvalue weighted by Crippen LogP contribution is 2.42. The fraction of sp³-hybridized carbons (Fsp3) is 0.214. The van der Waals surface area contributed by atoms with Gasteiger partial charge in [0.2, 0.25) is 6.10 Å². The number of nitrogens with two attached hydrogens (primary N) is 1. The van der Waals surface area contributed by atoms with E-state index in [1.165, 1.54) is 40.1 Å². The van der Waals surface area contributed by atoms with Gasteiger partial charge in [-0.25, -0.2) is 29.4 Å². The van der Waals surface area contributed by atoms with Gasteiger partial charge in [-0.1, -0.05) is 11.2 Å². The molecule has 3 amide bonds. The number of oxime groups is 1. The number of aliphatic carboxylic acids is 2. The lowest BCUT2D eigenvalue weighted by atomic mass is 10.0. The van der Waals surface area contributed by atoms with Crippen molar-refractivity contribution in [3.8, 4) is 11.5 Å². The Morgan fingerprint density at radius 2 is 1.98 bits per heavy atom. The maximum absolute atomic E-state index is 13.5. The summed E-state index contributed by atoms with van der Waals surface area (Å²) in [5.41, 5.74) is 8.35. The summed E-state index contributed by atoms with van der Waals surface area (Å²) in [7, 11) is 0. The number of carboxylic acids is 2. The molecule has 266 valence electrons. The van der Waals surface area contributed by atoms with Gasteiger partial charge in [-0.05, 0) is 30.7 Å². The van der Waals surface area contributed by atoms with E-state index in [9.17, 15) is 49.5 Å². The number of rotatable bonds is 11. The number of phenolic OH excluding ortho intramolecular Hbond substituents is 2. The molecular weight excluding hydrogens is 735 g/mol. The van der Waals surface area contributed by atoms with Crippen LogP contribution in [-0.2, 0) is 24.0 Å². The summed E-state index contributed by atoms with van der Waals surface area (Å²) in [6, 6.07) is 1.94. The molecule has 0 radical (unpaired) electrons. The van der Waals surface area contributed by atoms with Crippen LogP contribution in [-0.4, -0.2) is 110 Å². The number of carbonyl (C=O) groups is 5. The first kappa shape index (κ1) is 35.1. The van der Waals surface area contributed by atoms with E-state index in [1.54, 1.807) is 13.0 Å². The SMILES string of the molecule is CC1=NC2=CN(C(=O)O)NN2C(SCC2=C(C(=O)O)N3C(=O)[C@@H](NC(=O)/C(=N\OC(C(=O)O)c4ccc(O)c(O)c4)c4csc(N)n4)[C@H]3SC2)=C1. The second kappa shape index (κ2) is 13.9. The largest absolute Gasteiger partial charge is 0.504 e. The standard InChI is InChI=1S/C28H25N9O11S3/c1-10-4-17(37-16(30-10)6-35(34-37)28(46)47)49-7-12-8-50-24-19(23(41)36(24)20(12)25(42)43)32-22(40)18(13-9-51-27(29)31-13)33-48-21(26(44)45)11-2-3-14(38)15(39)5-11/h2-6,9,19,21,24,34,38-39H,7-8H2,1H3,(H2,29,31)(H,32,40)(H,42,43)(H,44,45)(H,46,47)/b33-18-/t19-,21?,24-/m1/s1. The molecule has 0 aliphatic carbocycles. The predicted molar refractivity (Wildman–Crippen MR) is 181 cm³/mol. The van der Waals surface area contributed by atoms with Gasteiger partial charge in [0.05, 0.1) is 11.2 Å². The number of nitrogen functional groups attached to an aromatic ring is 1. The second-order valence-corrected chi connectivity index (χ2v) is 13.8. The zero-order chi connectivity index (χ0) is 36.7. The highest BCUT2D eigenvalue weighted by molar-refractivity contribution is 8.03. The van der Waals surface area contributed by atoms with Crippen molar-refractivity contribution in [1.29, 1.82) is 0 Å². The van der Waals surface area contributed by atoms with Crippen molar-refractivity contribution in [2.75, 3.05) is 17.2 Å². The Morgan fingerprint density at radius 1 is 1.22 bits per heavy atom. The number of hydrogen-bond acceptors (Lipinski definition) is 17. The Labute approximate surface area is 298 Å². The molecule has 6 rings (SSSR count). The molecule has 0 saturated carbocycles. The number of benzene rings is 1. The molecule has 1 aromatic carbocycles. The Kier molecular flexibility index (Phi) is 9.52. The summed E-state index contributed by atoms with van der Waals surface area (Å²) < 4.78 is 0. The lowest BCUT2D eigenvalue weighted by Gasteiger charge is -2.49. The van der Waals surface area contributed by atoms with Gasteiger partial charge in [0.15, 0.2) is 28.2 Å². The number of carboxylic acid groups (broad SMARTS) is 3. The van der Waals surface area contributed by atoms with E-state index in [-0.39, 0.29) is 33.6 Å². The average Bonchev–Trinajstić information content (AvgIpc) is 3.71. The van der Waals surface area contributed by atoms with Crippen molar-refractivity contribution in [1.82, 2.24) is 30.8 Å². The first-order valence-electron chi connectivity index (χ1n) is 14.3. The third-order valence-electron chi connectivity index (χ3n) is 7.42. The number of hydrazine groups is 2. The first-order chi connectivity index (χ1) is 24.2. The number of carbonyl (C=O) groups excluding carboxylic acids is 2. The van der Waals surface area contributed by atoms with Gasteiger partial charge in [0.25, 0.3) is 11.8 Å². The van der Waals surface area contributed by atoms with Gasteiger partial charge in [0, 0.05) is 28.2 Å². The molecule has 23 heteroatoms. The molecule has 0 bridgehead atoms. The lowest BCUT2D eigenvalue weighted by molar-refractivity contribution is -0.151. The monoisotopic (exact) mass is 759 g/mol. The van der Waals surface area contributed by atoms with Crippen LogP contribution in [0.25, 0.3) is 0 Å². The minimum Gasteiger partial charge on any atom is -0.504 e. The summed E-state index contributed by atoms with van der Waals surface area (Å²) in [5, 5.41) is 58.2. The van der Waals surface area contributed by atoms with Crippen molar-refractivity contribution in [2.24, 2.45) is 10.1 Å². The van der Waals surface area contributed by atoms with E-state index in [4.69, 9.17) is 10.6 Å². The average molecular weight is 760 g/mol. The van der Waals surface area contributed by atoms with E-state index >= 15 is 0 Å². The number of aromatic nitrogens is 1. The Bertz CT molecular complexity index is 2030. The minimum atomic E-state index is -1.84. The number of anilines is 1. The predicted octanol–water partition coefficient (Wildman–Crippen LogP) is 0.985. The number of allylic oxidation sites excluding steroid dienone is 1. The van der Waals surface area contributed by atoms with Crippen LogP contribution in [0.4, 0.5) is 9.93 Å². The number of nitrogens with one attached hydrogen (secondary N) is 2. The Balaban J connectivity index is 1.18. The van der Waals surface area contributed by atoms with Crippen LogP contribution in [0.3, 0.4) is 0 Å². The van der Waals surface area contributed by atoms with Gasteiger partial charge in [-0.2, -0.15) is 5.01 Å². The molecule has 5 heterocycles. The number of fused-ring (bicyclic) bond motifs is 2. The number of amides is 3. The summed E-state index contributed by atoms with van der Waals surface area (Å²) in [4.78, 5) is 77.4. The van der Waals surface area contributed by atoms with Crippen LogP contribution in [0.2, 0.25) is 0 Å². The molecule has 9 N–H and O–H groups in total. The molecule has 3 atom stereocenters. The fourth-order valence-corrected chi connectivity index (χ4v) is 8.19. The third kappa shape index (κ3) is 6.86. The molecule has 1 unspecified atom stereocenters. The number of phenols is 2. The maximum atomic E-state index is 13.5. The van der Waals surface area contributed by atoms with E-state index in [0.29, 0.717) is 22.1 Å². The number of aliphatic imine (C=N–C) groups is 1. The molecule has 0 spiro atoms. The molecule has 2 aromatic rings. The zero-order valence-corrected chi connectivity index (χ0v) is 28.2. The highest BCUT2D eigenvalue weighted by atomic mass is 32.2. The van der Waals surface area contributed by atoms with Crippen LogP contribution in [0.15, 0.2) is 68.1 Å². The Hall–Kier alpha value is -5.78. The molecule has 1 fully saturated rings. The minimum absolute atomic E-state index is 0.0394. The number of aromatic hydroxyl groups is 2. The molecule has 51 heavy (non-hydrogen) atoms. The number of hydrogen-bond donors (Lipinski definition) is 8. The topological polar surface area (TPSA) is 293 Å². The van der Waals surface area contributed by atoms with Gasteiger partial charge >= 0.3 is 18.0 Å². The van der Waals surface area contributed by atoms with Crippen molar-refractivity contribution >= 4 is 81.3 Å². The van der Waals surface area contributed by atoms with Gasteiger partial charge < -0.3 is 41.4 Å². The molecule has 4 aliphatic heterocycles. The lowest BCUT2D eigenvalue weighted by Crippen LogP contribution is -2.71. The second-order valence-electron chi connectivity index (χ2n) is 10.8. The fourth-order valence-electron chi connectivity index (χ4n) is 5.09. The quantitative estimate of drug-likeness (QED) is 0.0686. The molecule has 20 nitrogen and oxygen atoms in total. The summed E-state index contributed by atoms with van der Waals surface area (Å²) in [6.07, 6.45) is -0.136. The summed E-state index contributed by atoms with van der Waals surface area (Å²) in [6.45, 7) is 1.72. The van der Waals surface area contributed by atoms with Crippen LogP contribution in [0.1, 0.15) is 24.3 Å². The van der Waals surface area contributed by atoms with Crippen LogP contribution < -0.4 is 16.6 Å². The van der Waals surface area contributed by atoms with Crippen molar-refractivity contribution in [2.45, 2.75) is 24.4 Å². The molecule has 1 aromatic heterocycles. The van der Waals surface area contributed by atoms with E-state index in [2.05, 4.69) is 26.0 Å². The van der Waals surface area contributed by atoms with Crippen LogP contribution >= 0.6 is 34.9 Å². The van der Waals surface area contributed by atoms with Gasteiger partial charge in [-0.3, -0.25) is 14.5 Å². The van der Waals surface area contributed by atoms with E-state index in [1.807, 2.05) is 0 Å². The smallest absolute Gasteiger partial charge is 0.427 e. The summed E-state index contributed by atoms with van der Waals surface area (Å²) in [5.74, 6) is -5.19. The van der Waals surface area contributed by atoms with Crippen LogP contribution in [0.5, 0.6) is 11.5 Å². The number of nitrogens with zero attached hydrogens (tertiary/aromatic N) is 6. The highest BCUT2D eigenvalue weighted by Gasteiger charge is 2.54. The zero-order valence-electron chi connectivity index (χ0n) is 25.8. The Morgan fingerprint density at radius 3 is 2.63 bits per heavy atom. The normalized spacial score (nSPS) is 20.4. The third-order valence-corrected chi connectivity index (χ3v) is 10.5. The summed E-state index contributed by atoms with van der Waals surface area (Å²) >= 11 is 3.34. The molecular formula is C28H25N9O11S3. The number of β-lactam (4-membered cyclic amide) rings is 1. The first-order valence-corrected chi connectivity index (χ1v) is 17.3. The maximum Gasteiger partial charge on any atom is 0.427 e. The van der Waals surface area contributed by atoms with Crippen LogP contribution in [0, 0.1) is 0 Å². The van der Waals surface area contributed by atoms with E-state index in [0.717, 1.165) is 39.4 Å². The number of thioether (sulfide) groups is 2. The van der Waals surface area contributed by atoms with Crippen molar-refractivity contribution in [3.05, 3.63) is 69.2 Å². The molecule has 1 saturated heterocycles. The number of thiazole rings is 1.